The van der Waals surface area contributed by atoms with E-state index in [2.05, 4.69) is 56.0 Å². The number of amides is 2. The van der Waals surface area contributed by atoms with Crippen molar-refractivity contribution in [1.29, 1.82) is 0 Å². The first-order valence-electron chi connectivity index (χ1n) is 9.16. The van der Waals surface area contributed by atoms with Crippen LogP contribution in [0.3, 0.4) is 0 Å². The van der Waals surface area contributed by atoms with E-state index in [1.165, 1.54) is 4.90 Å². The van der Waals surface area contributed by atoms with Gasteiger partial charge in [-0.2, -0.15) is 4.99 Å². The molecule has 7 nitrogen and oxygen atoms in total. The maximum Gasteiger partial charge on any atom is 0.348 e. The normalized spacial score (nSPS) is 14.6. The first-order chi connectivity index (χ1) is 14.0. The van der Waals surface area contributed by atoms with Gasteiger partial charge in [0.15, 0.2) is 0 Å². The summed E-state index contributed by atoms with van der Waals surface area (Å²) in [7, 11) is 3.65. The average Bonchev–Trinajstić information content (AvgIpc) is 3.09. The number of nitrogens with two attached hydrogens (primary N) is 1. The second-order valence-electron chi connectivity index (χ2n) is 6.11. The van der Waals surface area contributed by atoms with Gasteiger partial charge in [0.05, 0.1) is 18.0 Å². The van der Waals surface area contributed by atoms with Crippen molar-refractivity contribution in [1.82, 2.24) is 9.88 Å². The lowest BCUT2D eigenvalue weighted by molar-refractivity contribution is 0.231. The number of aliphatic imine (C=N–C) groups is 2. The van der Waals surface area contributed by atoms with Crippen molar-refractivity contribution in [2.45, 2.75) is 13.3 Å². The van der Waals surface area contributed by atoms with Crippen LogP contribution in [0, 0.1) is 0 Å². The lowest BCUT2D eigenvalue weighted by Crippen LogP contribution is -2.26. The molecule has 2 heterocycles. The number of alkyl halides is 1. The highest BCUT2D eigenvalue weighted by Gasteiger charge is 2.24. The fraction of sp³-hybridized carbons (Fsp3) is 0.333. The highest BCUT2D eigenvalue weighted by atomic mass is 127. The fourth-order valence-corrected chi connectivity index (χ4v) is 2.68. The van der Waals surface area contributed by atoms with Crippen molar-refractivity contribution >= 4 is 52.1 Å². The number of nitrogens with zero attached hydrogens (tertiary/aromatic N) is 5. The van der Waals surface area contributed by atoms with Crippen LogP contribution in [0.25, 0.3) is 5.70 Å². The standard InChI is InChI=1S/C20H26N6O.CH3I/c1-5-7-17(13-22-3)26-14-16(24-20(26)27)11-18(21)15-8-9-19(23-12-15)25(4)10-6-2;1-2/h5,7-9,11-13H,1,6,10,14,21H2,2-4H3;1H3/b17-7+,18-11-,22-13?;. The molecule has 156 valence electrons. The first-order valence-corrected chi connectivity index (χ1v) is 11.3. The van der Waals surface area contributed by atoms with Crippen LogP contribution in [-0.2, 0) is 0 Å². The van der Waals surface area contributed by atoms with E-state index in [0.717, 1.165) is 24.3 Å². The van der Waals surface area contributed by atoms with Gasteiger partial charge in [0.25, 0.3) is 0 Å². The molecule has 2 rings (SSSR count). The third-order valence-corrected chi connectivity index (χ3v) is 4.01. The van der Waals surface area contributed by atoms with E-state index >= 15 is 0 Å². The third-order valence-electron chi connectivity index (χ3n) is 4.01. The molecule has 0 saturated carbocycles. The van der Waals surface area contributed by atoms with Crippen molar-refractivity contribution < 1.29 is 4.79 Å². The molecule has 1 aliphatic heterocycles. The number of rotatable bonds is 8. The van der Waals surface area contributed by atoms with Crippen LogP contribution >= 0.6 is 22.6 Å². The van der Waals surface area contributed by atoms with E-state index in [4.69, 9.17) is 5.73 Å². The van der Waals surface area contributed by atoms with Gasteiger partial charge in [0.2, 0.25) is 0 Å². The largest absolute Gasteiger partial charge is 0.398 e. The molecule has 0 atom stereocenters. The molecule has 2 amide bonds. The van der Waals surface area contributed by atoms with E-state index < -0.39 is 0 Å². The fourth-order valence-electron chi connectivity index (χ4n) is 2.68. The van der Waals surface area contributed by atoms with Crippen LogP contribution in [0.5, 0.6) is 0 Å². The van der Waals surface area contributed by atoms with Crippen LogP contribution in [0.1, 0.15) is 18.9 Å². The Bertz CT molecular complexity index is 811. The number of carbonyl (C=O) groups is 1. The molecule has 0 bridgehead atoms. The topological polar surface area (TPSA) is 87.2 Å². The van der Waals surface area contributed by atoms with E-state index in [1.807, 2.05) is 24.1 Å². The van der Waals surface area contributed by atoms with Gasteiger partial charge in [-0.1, -0.05) is 42.2 Å². The molecule has 29 heavy (non-hydrogen) atoms. The monoisotopic (exact) mass is 508 g/mol. The number of anilines is 1. The van der Waals surface area contributed by atoms with E-state index in [1.54, 1.807) is 37.7 Å². The summed E-state index contributed by atoms with van der Waals surface area (Å²) in [5.41, 5.74) is 8.70. The Labute approximate surface area is 186 Å². The lowest BCUT2D eigenvalue weighted by atomic mass is 10.1. The van der Waals surface area contributed by atoms with E-state index in [9.17, 15) is 4.79 Å². The van der Waals surface area contributed by atoms with Gasteiger partial charge in [-0.05, 0) is 35.6 Å². The summed E-state index contributed by atoms with van der Waals surface area (Å²) < 4.78 is 0. The third kappa shape index (κ3) is 7.12. The van der Waals surface area contributed by atoms with Gasteiger partial charge in [0, 0.05) is 44.3 Å². The zero-order chi connectivity index (χ0) is 21.8. The molecule has 0 fully saturated rings. The Morgan fingerprint density at radius 1 is 1.45 bits per heavy atom. The molecule has 1 aromatic heterocycles. The van der Waals surface area contributed by atoms with Gasteiger partial charge < -0.3 is 10.6 Å². The Morgan fingerprint density at radius 2 is 2.17 bits per heavy atom. The van der Waals surface area contributed by atoms with Gasteiger partial charge in [-0.3, -0.25) is 9.89 Å². The van der Waals surface area contributed by atoms with Crippen molar-refractivity contribution in [2.24, 2.45) is 15.7 Å². The van der Waals surface area contributed by atoms with Crippen molar-refractivity contribution in [3.8, 4) is 0 Å². The van der Waals surface area contributed by atoms with Crippen LogP contribution < -0.4 is 10.6 Å². The molecule has 0 spiro atoms. The minimum Gasteiger partial charge on any atom is -0.398 e. The van der Waals surface area contributed by atoms with Crippen molar-refractivity contribution in [2.75, 3.05) is 37.0 Å². The number of allylic oxidation sites excluding steroid dienone is 3. The molecule has 1 aliphatic rings. The number of pyridine rings is 1. The lowest BCUT2D eigenvalue weighted by Gasteiger charge is -2.17. The Balaban J connectivity index is 0.00000204. The van der Waals surface area contributed by atoms with Crippen LogP contribution in [-0.4, -0.2) is 60.0 Å². The average molecular weight is 508 g/mol. The van der Waals surface area contributed by atoms with E-state index in [-0.39, 0.29) is 6.03 Å². The maximum atomic E-state index is 12.2. The van der Waals surface area contributed by atoms with E-state index in [0.29, 0.717) is 23.7 Å². The van der Waals surface area contributed by atoms with Crippen molar-refractivity contribution in [3.63, 3.8) is 0 Å². The van der Waals surface area contributed by atoms with Gasteiger partial charge in [-0.15, -0.1) is 0 Å². The molecule has 8 heteroatoms. The highest BCUT2D eigenvalue weighted by Crippen LogP contribution is 2.17. The minimum absolute atomic E-state index is 0.329. The Hall–Kier alpha value is -2.49. The SMILES string of the molecule is C=C/C=C(\C=NC)N1CC(/C=C(\N)c2ccc(N(C)CCC)nc2)=NC1=O.CI. The summed E-state index contributed by atoms with van der Waals surface area (Å²) in [6.45, 7) is 7.05. The summed E-state index contributed by atoms with van der Waals surface area (Å²) in [5, 5.41) is 0. The molecule has 0 unspecified atom stereocenters. The predicted molar refractivity (Wildman–Crippen MR) is 132 cm³/mol. The summed E-state index contributed by atoms with van der Waals surface area (Å²) in [6.07, 6.45) is 9.41. The molecule has 1 aromatic rings. The van der Waals surface area contributed by atoms with Gasteiger partial charge in [0.1, 0.15) is 5.82 Å². The summed E-state index contributed by atoms with van der Waals surface area (Å²) in [6, 6.07) is 3.50. The van der Waals surface area contributed by atoms with Gasteiger partial charge >= 0.3 is 6.03 Å². The summed E-state index contributed by atoms with van der Waals surface area (Å²) in [4.78, 5) is 30.3. The number of aromatic nitrogens is 1. The number of hydrogen-bond donors (Lipinski definition) is 1. The smallest absolute Gasteiger partial charge is 0.348 e. The number of halogens is 1. The van der Waals surface area contributed by atoms with Crippen LogP contribution in [0.2, 0.25) is 0 Å². The molecule has 0 aromatic carbocycles. The maximum absolute atomic E-state index is 12.2. The number of hydrogen-bond acceptors (Lipinski definition) is 5. The molecular formula is C21H29IN6O. The first kappa shape index (κ1) is 24.5. The second kappa shape index (κ2) is 12.9. The quantitative estimate of drug-likeness (QED) is 0.250. The summed E-state index contributed by atoms with van der Waals surface area (Å²) in [5.74, 6) is 0.894. The van der Waals surface area contributed by atoms with Gasteiger partial charge in [-0.25, -0.2) is 9.78 Å². The number of carbonyl (C=O) groups excluding carboxylic acids is 1. The Kier molecular flexibility index (Phi) is 10.9. The van der Waals surface area contributed by atoms with Crippen LogP contribution in [0.4, 0.5) is 10.6 Å². The second-order valence-corrected chi connectivity index (χ2v) is 6.11. The molecular weight excluding hydrogens is 479 g/mol. The van der Waals surface area contributed by atoms with Crippen molar-refractivity contribution in [3.05, 3.63) is 54.4 Å². The molecule has 0 saturated heterocycles. The zero-order valence-corrected chi connectivity index (χ0v) is 19.6. The predicted octanol–water partition coefficient (Wildman–Crippen LogP) is 3.93. The number of urea groups is 1. The van der Waals surface area contributed by atoms with Crippen LogP contribution in [0.15, 0.2) is 58.8 Å². The summed E-state index contributed by atoms with van der Waals surface area (Å²) >= 11 is 2.15. The zero-order valence-electron chi connectivity index (χ0n) is 17.5. The Morgan fingerprint density at radius 3 is 2.72 bits per heavy atom. The minimum atomic E-state index is -0.350. The highest BCUT2D eigenvalue weighted by molar-refractivity contribution is 14.1. The molecule has 0 aliphatic carbocycles. The molecule has 0 radical (unpaired) electrons. The molecule has 2 N–H and O–H groups in total.